The third-order valence-electron chi connectivity index (χ3n) is 4.82. The molecule has 2 unspecified atom stereocenters. The Morgan fingerprint density at radius 2 is 2.14 bits per heavy atom. The van der Waals surface area contributed by atoms with E-state index in [2.05, 4.69) is 21.7 Å². The molecule has 2 saturated heterocycles. The monoisotopic (exact) mass is 330 g/mol. The molecule has 0 aliphatic carbocycles. The molecule has 2 atom stereocenters. The molecular weight excluding hydrogens is 304 g/mol. The lowest BCUT2D eigenvalue weighted by molar-refractivity contribution is 0.111. The molecule has 2 N–H and O–H groups in total. The van der Waals surface area contributed by atoms with Crippen LogP contribution in [0.1, 0.15) is 43.1 Å². The Kier molecular flexibility index (Phi) is 6.96. The van der Waals surface area contributed by atoms with Gasteiger partial charge in [0.05, 0.1) is 6.10 Å². The molecule has 0 spiro atoms. The molecule has 1 aromatic heterocycles. The average molecular weight is 331 g/mol. The number of nitrogens with one attached hydrogen (secondary N) is 1. The van der Waals surface area contributed by atoms with Gasteiger partial charge in [0.25, 0.3) is 0 Å². The van der Waals surface area contributed by atoms with E-state index in [1.54, 1.807) is 11.3 Å². The van der Waals surface area contributed by atoms with Crippen LogP contribution >= 0.6 is 23.7 Å². The molecule has 3 heterocycles. The van der Waals surface area contributed by atoms with Gasteiger partial charge in [0.15, 0.2) is 0 Å². The van der Waals surface area contributed by atoms with Crippen LogP contribution in [-0.4, -0.2) is 42.2 Å². The SMILES string of the molecule is Cl.OC(CC1CCCN1CC1CCNCC1)c1cccs1. The number of rotatable bonds is 5. The van der Waals surface area contributed by atoms with Gasteiger partial charge in [-0.05, 0) is 69.1 Å². The van der Waals surface area contributed by atoms with Crippen molar-refractivity contribution in [2.75, 3.05) is 26.2 Å². The summed E-state index contributed by atoms with van der Waals surface area (Å²) in [4.78, 5) is 3.77. The molecule has 2 aliphatic rings. The first-order valence-corrected chi connectivity index (χ1v) is 8.87. The third kappa shape index (κ3) is 4.67. The standard InChI is InChI=1S/C16H26N2OS.ClH/c19-15(16-4-2-10-20-16)11-14-3-1-9-18(14)12-13-5-7-17-8-6-13;/h2,4,10,13-15,17,19H,1,3,5-9,11-12H2;1H. The van der Waals surface area contributed by atoms with Crippen molar-refractivity contribution in [3.8, 4) is 0 Å². The molecule has 21 heavy (non-hydrogen) atoms. The smallest absolute Gasteiger partial charge is 0.0896 e. The Balaban J connectivity index is 0.00000161. The van der Waals surface area contributed by atoms with Crippen LogP contribution in [0.25, 0.3) is 0 Å². The van der Waals surface area contributed by atoms with Crippen LogP contribution in [0.2, 0.25) is 0 Å². The molecule has 0 aromatic carbocycles. The lowest BCUT2D eigenvalue weighted by atomic mass is 9.96. The zero-order valence-electron chi connectivity index (χ0n) is 12.5. The molecule has 120 valence electrons. The number of hydrogen-bond acceptors (Lipinski definition) is 4. The Bertz CT molecular complexity index is 395. The van der Waals surface area contributed by atoms with E-state index in [4.69, 9.17) is 0 Å². The summed E-state index contributed by atoms with van der Waals surface area (Å²) in [5, 5.41) is 15.9. The van der Waals surface area contributed by atoms with Crippen LogP contribution in [0.5, 0.6) is 0 Å². The number of nitrogens with zero attached hydrogens (tertiary/aromatic N) is 1. The highest BCUT2D eigenvalue weighted by molar-refractivity contribution is 7.10. The zero-order valence-corrected chi connectivity index (χ0v) is 14.2. The van der Waals surface area contributed by atoms with Crippen molar-refractivity contribution in [2.24, 2.45) is 5.92 Å². The summed E-state index contributed by atoms with van der Waals surface area (Å²) >= 11 is 1.67. The molecule has 3 rings (SSSR count). The minimum atomic E-state index is -0.270. The second-order valence-electron chi connectivity index (χ2n) is 6.25. The van der Waals surface area contributed by atoms with Crippen LogP contribution < -0.4 is 5.32 Å². The molecular formula is C16H27ClN2OS. The average Bonchev–Trinajstić information content (AvgIpc) is 3.12. The maximum atomic E-state index is 10.4. The quantitative estimate of drug-likeness (QED) is 0.871. The van der Waals surface area contributed by atoms with Crippen LogP contribution in [0.15, 0.2) is 17.5 Å². The predicted molar refractivity (Wildman–Crippen MR) is 91.3 cm³/mol. The number of halogens is 1. The lowest BCUT2D eigenvalue weighted by Gasteiger charge is -2.32. The van der Waals surface area contributed by atoms with Gasteiger partial charge in [-0.15, -0.1) is 23.7 Å². The summed E-state index contributed by atoms with van der Waals surface area (Å²) in [6.07, 6.45) is 5.83. The topological polar surface area (TPSA) is 35.5 Å². The van der Waals surface area contributed by atoms with Crippen molar-refractivity contribution < 1.29 is 5.11 Å². The van der Waals surface area contributed by atoms with Crippen molar-refractivity contribution in [3.05, 3.63) is 22.4 Å². The molecule has 2 fully saturated rings. The fourth-order valence-corrected chi connectivity index (χ4v) is 4.38. The van der Waals surface area contributed by atoms with Gasteiger partial charge in [0.2, 0.25) is 0 Å². The molecule has 0 saturated carbocycles. The fraction of sp³-hybridized carbons (Fsp3) is 0.750. The van der Waals surface area contributed by atoms with Crippen LogP contribution in [0, 0.1) is 5.92 Å². The van der Waals surface area contributed by atoms with Crippen molar-refractivity contribution >= 4 is 23.7 Å². The number of aliphatic hydroxyl groups excluding tert-OH is 1. The summed E-state index contributed by atoms with van der Waals surface area (Å²) in [6.45, 7) is 4.83. The predicted octanol–water partition coefficient (Wildman–Crippen LogP) is 3.06. The summed E-state index contributed by atoms with van der Waals surface area (Å²) in [6, 6.07) is 4.67. The van der Waals surface area contributed by atoms with Gasteiger partial charge in [0.1, 0.15) is 0 Å². The Labute approximate surface area is 138 Å². The van der Waals surface area contributed by atoms with Gasteiger partial charge in [-0.1, -0.05) is 6.07 Å². The van der Waals surface area contributed by atoms with Gasteiger partial charge < -0.3 is 10.4 Å². The summed E-state index contributed by atoms with van der Waals surface area (Å²) in [5.74, 6) is 0.857. The fourth-order valence-electron chi connectivity index (χ4n) is 3.65. The van der Waals surface area contributed by atoms with Gasteiger partial charge in [-0.3, -0.25) is 4.90 Å². The number of likely N-dealkylation sites (tertiary alicyclic amines) is 1. The highest BCUT2D eigenvalue weighted by Crippen LogP contribution is 2.30. The highest BCUT2D eigenvalue weighted by atomic mass is 35.5. The lowest BCUT2D eigenvalue weighted by Crippen LogP contribution is -2.39. The number of piperidine rings is 1. The molecule has 0 radical (unpaired) electrons. The first-order valence-electron chi connectivity index (χ1n) is 7.99. The number of aliphatic hydroxyl groups is 1. The van der Waals surface area contributed by atoms with Gasteiger partial charge in [0, 0.05) is 17.5 Å². The second-order valence-corrected chi connectivity index (χ2v) is 7.23. The Hall–Kier alpha value is -0.130. The second kappa shape index (κ2) is 8.49. The molecule has 3 nitrogen and oxygen atoms in total. The van der Waals surface area contributed by atoms with Gasteiger partial charge in [-0.2, -0.15) is 0 Å². The molecule has 1 aromatic rings. The first-order chi connectivity index (χ1) is 9.83. The molecule has 0 amide bonds. The van der Waals surface area contributed by atoms with Crippen LogP contribution in [0.4, 0.5) is 0 Å². The minimum absolute atomic E-state index is 0. The molecule has 2 aliphatic heterocycles. The minimum Gasteiger partial charge on any atom is -0.388 e. The third-order valence-corrected chi connectivity index (χ3v) is 5.79. The van der Waals surface area contributed by atoms with Crippen LogP contribution in [-0.2, 0) is 0 Å². The van der Waals surface area contributed by atoms with E-state index in [9.17, 15) is 5.11 Å². The maximum Gasteiger partial charge on any atom is 0.0896 e. The first kappa shape index (κ1) is 17.2. The Morgan fingerprint density at radius 3 is 2.86 bits per heavy atom. The van der Waals surface area contributed by atoms with Crippen molar-refractivity contribution in [1.82, 2.24) is 10.2 Å². The highest BCUT2D eigenvalue weighted by Gasteiger charge is 2.29. The maximum absolute atomic E-state index is 10.4. The van der Waals surface area contributed by atoms with E-state index in [1.165, 1.54) is 51.9 Å². The summed E-state index contributed by atoms with van der Waals surface area (Å²) in [5.41, 5.74) is 0. The van der Waals surface area contributed by atoms with E-state index in [0.717, 1.165) is 17.2 Å². The summed E-state index contributed by atoms with van der Waals surface area (Å²) < 4.78 is 0. The van der Waals surface area contributed by atoms with Crippen molar-refractivity contribution in [2.45, 2.75) is 44.2 Å². The molecule has 0 bridgehead atoms. The number of thiophene rings is 1. The van der Waals surface area contributed by atoms with E-state index in [-0.39, 0.29) is 18.5 Å². The van der Waals surface area contributed by atoms with Crippen LogP contribution in [0.3, 0.4) is 0 Å². The Morgan fingerprint density at radius 1 is 1.33 bits per heavy atom. The van der Waals surface area contributed by atoms with E-state index in [1.807, 2.05) is 6.07 Å². The zero-order chi connectivity index (χ0) is 13.8. The van der Waals surface area contributed by atoms with E-state index >= 15 is 0 Å². The molecule has 5 heteroatoms. The van der Waals surface area contributed by atoms with Gasteiger partial charge in [-0.25, -0.2) is 0 Å². The van der Waals surface area contributed by atoms with E-state index < -0.39 is 0 Å². The van der Waals surface area contributed by atoms with Gasteiger partial charge >= 0.3 is 0 Å². The summed E-state index contributed by atoms with van der Waals surface area (Å²) in [7, 11) is 0. The van der Waals surface area contributed by atoms with Crippen molar-refractivity contribution in [3.63, 3.8) is 0 Å². The number of hydrogen-bond donors (Lipinski definition) is 2. The largest absolute Gasteiger partial charge is 0.388 e. The van der Waals surface area contributed by atoms with E-state index in [0.29, 0.717) is 6.04 Å². The van der Waals surface area contributed by atoms with Crippen molar-refractivity contribution in [1.29, 1.82) is 0 Å². The normalized spacial score (nSPS) is 25.7.